The predicted octanol–water partition coefficient (Wildman–Crippen LogP) is 3.14. The molecular weight excluding hydrogens is 238 g/mol. The summed E-state index contributed by atoms with van der Waals surface area (Å²) in [5.74, 6) is -0.430. The van der Waals surface area contributed by atoms with Crippen LogP contribution < -0.4 is 16.8 Å². The topological polar surface area (TPSA) is 81.1 Å². The number of amides is 1. The number of nitrogen functional groups attached to an aromatic ring is 1. The first kappa shape index (κ1) is 15.3. The van der Waals surface area contributed by atoms with Gasteiger partial charge in [-0.1, -0.05) is 32.6 Å². The Morgan fingerprint density at radius 3 is 2.68 bits per heavy atom. The summed E-state index contributed by atoms with van der Waals surface area (Å²) in [4.78, 5) is 11.4. The van der Waals surface area contributed by atoms with Crippen LogP contribution in [0, 0.1) is 0 Å². The Balaban J connectivity index is 2.60. The zero-order valence-corrected chi connectivity index (χ0v) is 11.9. The number of nitrogens with two attached hydrogens (primary N) is 2. The number of hydrogen-bond donors (Lipinski definition) is 3. The minimum Gasteiger partial charge on any atom is -0.399 e. The van der Waals surface area contributed by atoms with Crippen LogP contribution in [-0.2, 0) is 0 Å². The highest BCUT2D eigenvalue weighted by Gasteiger charge is 2.10. The van der Waals surface area contributed by atoms with Gasteiger partial charge >= 0.3 is 0 Å². The third-order valence-corrected chi connectivity index (χ3v) is 3.20. The highest BCUT2D eigenvalue weighted by molar-refractivity contribution is 5.99. The molecule has 0 saturated carbocycles. The summed E-state index contributed by atoms with van der Waals surface area (Å²) in [5, 5.41) is 3.33. The molecule has 1 aromatic carbocycles. The van der Waals surface area contributed by atoms with Gasteiger partial charge in [0.15, 0.2) is 0 Å². The monoisotopic (exact) mass is 263 g/mol. The molecule has 0 fully saturated rings. The van der Waals surface area contributed by atoms with E-state index in [0.29, 0.717) is 17.3 Å². The third-order valence-electron chi connectivity index (χ3n) is 3.20. The van der Waals surface area contributed by atoms with E-state index in [2.05, 4.69) is 19.2 Å². The smallest absolute Gasteiger partial charge is 0.250 e. The molecule has 1 atom stereocenters. The van der Waals surface area contributed by atoms with Gasteiger partial charge in [-0.3, -0.25) is 4.79 Å². The van der Waals surface area contributed by atoms with Gasteiger partial charge in [0.05, 0.1) is 5.56 Å². The Labute approximate surface area is 115 Å². The maximum absolute atomic E-state index is 11.4. The zero-order chi connectivity index (χ0) is 14.3. The van der Waals surface area contributed by atoms with Crippen LogP contribution >= 0.6 is 0 Å². The molecule has 0 bridgehead atoms. The van der Waals surface area contributed by atoms with Crippen molar-refractivity contribution in [1.29, 1.82) is 0 Å². The Hall–Kier alpha value is -1.71. The fourth-order valence-electron chi connectivity index (χ4n) is 2.11. The number of benzene rings is 1. The zero-order valence-electron chi connectivity index (χ0n) is 11.9. The van der Waals surface area contributed by atoms with E-state index in [1.165, 1.54) is 25.7 Å². The van der Waals surface area contributed by atoms with Gasteiger partial charge in [0.2, 0.25) is 0 Å². The van der Waals surface area contributed by atoms with Gasteiger partial charge in [0, 0.05) is 17.4 Å². The van der Waals surface area contributed by atoms with Gasteiger partial charge in [-0.2, -0.15) is 0 Å². The van der Waals surface area contributed by atoms with Crippen LogP contribution in [0.5, 0.6) is 0 Å². The molecular formula is C15H25N3O. The molecule has 0 aromatic heterocycles. The molecule has 1 rings (SSSR count). The molecule has 19 heavy (non-hydrogen) atoms. The van der Waals surface area contributed by atoms with E-state index in [4.69, 9.17) is 11.5 Å². The van der Waals surface area contributed by atoms with E-state index < -0.39 is 5.91 Å². The van der Waals surface area contributed by atoms with Crippen molar-refractivity contribution in [3.63, 3.8) is 0 Å². The largest absolute Gasteiger partial charge is 0.399 e. The summed E-state index contributed by atoms with van der Waals surface area (Å²) < 4.78 is 0. The second kappa shape index (κ2) is 7.67. The normalized spacial score (nSPS) is 12.1. The van der Waals surface area contributed by atoms with Gasteiger partial charge in [-0.15, -0.1) is 0 Å². The number of hydrogen-bond acceptors (Lipinski definition) is 3. The Morgan fingerprint density at radius 1 is 1.32 bits per heavy atom. The highest BCUT2D eigenvalue weighted by Crippen LogP contribution is 2.21. The molecule has 0 aliphatic rings. The van der Waals surface area contributed by atoms with Crippen molar-refractivity contribution in [3.05, 3.63) is 23.8 Å². The minimum atomic E-state index is -0.430. The van der Waals surface area contributed by atoms with E-state index in [9.17, 15) is 4.79 Å². The van der Waals surface area contributed by atoms with Crippen LogP contribution in [0.15, 0.2) is 18.2 Å². The lowest BCUT2D eigenvalue weighted by molar-refractivity contribution is 0.100. The lowest BCUT2D eigenvalue weighted by atomic mass is 10.1. The molecule has 4 heteroatoms. The number of rotatable bonds is 8. The molecule has 1 unspecified atom stereocenters. The van der Waals surface area contributed by atoms with Crippen LogP contribution in [0.1, 0.15) is 56.3 Å². The van der Waals surface area contributed by atoms with Crippen molar-refractivity contribution in [3.8, 4) is 0 Å². The molecule has 5 N–H and O–H groups in total. The van der Waals surface area contributed by atoms with Crippen LogP contribution in [-0.4, -0.2) is 11.9 Å². The van der Waals surface area contributed by atoms with Crippen LogP contribution in [0.4, 0.5) is 11.4 Å². The van der Waals surface area contributed by atoms with Crippen molar-refractivity contribution in [2.45, 2.75) is 52.0 Å². The maximum Gasteiger partial charge on any atom is 0.250 e. The van der Waals surface area contributed by atoms with Crippen molar-refractivity contribution < 1.29 is 4.79 Å². The molecule has 0 aliphatic heterocycles. The summed E-state index contributed by atoms with van der Waals surface area (Å²) in [6.07, 6.45) is 6.03. The van der Waals surface area contributed by atoms with Crippen molar-refractivity contribution in [1.82, 2.24) is 0 Å². The second-order valence-electron chi connectivity index (χ2n) is 5.06. The third kappa shape index (κ3) is 5.20. The predicted molar refractivity (Wildman–Crippen MR) is 81.2 cm³/mol. The number of unbranched alkanes of at least 4 members (excludes halogenated alkanes) is 3. The lowest BCUT2D eigenvalue weighted by Crippen LogP contribution is -2.20. The van der Waals surface area contributed by atoms with Crippen molar-refractivity contribution in [2.75, 3.05) is 11.1 Å². The van der Waals surface area contributed by atoms with Crippen LogP contribution in [0.2, 0.25) is 0 Å². The molecule has 1 amide bonds. The van der Waals surface area contributed by atoms with Gasteiger partial charge in [0.1, 0.15) is 0 Å². The molecule has 0 spiro atoms. The number of anilines is 2. The van der Waals surface area contributed by atoms with Crippen molar-refractivity contribution >= 4 is 17.3 Å². The summed E-state index contributed by atoms with van der Waals surface area (Å²) in [6, 6.07) is 5.43. The fraction of sp³-hybridized carbons (Fsp3) is 0.533. The van der Waals surface area contributed by atoms with E-state index in [1.54, 1.807) is 18.2 Å². The molecule has 4 nitrogen and oxygen atoms in total. The first-order valence-electron chi connectivity index (χ1n) is 7.00. The maximum atomic E-state index is 11.4. The molecule has 106 valence electrons. The standard InChI is InChI=1S/C15H25N3O/c1-3-4-5-6-7-11(2)18-14-10-12(16)8-9-13(14)15(17)19/h8-11,18H,3-7,16H2,1-2H3,(H2,17,19). The average Bonchev–Trinajstić information content (AvgIpc) is 2.34. The summed E-state index contributed by atoms with van der Waals surface area (Å²) >= 11 is 0. The summed E-state index contributed by atoms with van der Waals surface area (Å²) in [6.45, 7) is 4.31. The van der Waals surface area contributed by atoms with Crippen LogP contribution in [0.3, 0.4) is 0 Å². The molecule has 0 heterocycles. The molecule has 0 radical (unpaired) electrons. The Morgan fingerprint density at radius 2 is 2.05 bits per heavy atom. The summed E-state index contributed by atoms with van der Waals surface area (Å²) in [7, 11) is 0. The number of carbonyl (C=O) groups excluding carboxylic acids is 1. The Kier molecular flexibility index (Phi) is 6.19. The van der Waals surface area contributed by atoms with Gasteiger partial charge in [-0.25, -0.2) is 0 Å². The minimum absolute atomic E-state index is 0.303. The molecule has 0 aliphatic carbocycles. The van der Waals surface area contributed by atoms with Gasteiger partial charge in [-0.05, 0) is 31.5 Å². The van der Waals surface area contributed by atoms with Crippen LogP contribution in [0.25, 0.3) is 0 Å². The number of nitrogens with one attached hydrogen (secondary N) is 1. The van der Waals surface area contributed by atoms with E-state index in [-0.39, 0.29) is 0 Å². The van der Waals surface area contributed by atoms with Crippen molar-refractivity contribution in [2.24, 2.45) is 5.73 Å². The van der Waals surface area contributed by atoms with Gasteiger partial charge in [0.25, 0.3) is 5.91 Å². The summed E-state index contributed by atoms with van der Waals surface area (Å²) in [5.41, 5.74) is 13.0. The lowest BCUT2D eigenvalue weighted by Gasteiger charge is -2.17. The number of carbonyl (C=O) groups is 1. The van der Waals surface area contributed by atoms with E-state index >= 15 is 0 Å². The van der Waals surface area contributed by atoms with Gasteiger partial charge < -0.3 is 16.8 Å². The molecule has 0 saturated heterocycles. The quantitative estimate of drug-likeness (QED) is 0.498. The number of primary amides is 1. The fourth-order valence-corrected chi connectivity index (χ4v) is 2.11. The average molecular weight is 263 g/mol. The molecule has 1 aromatic rings. The first-order chi connectivity index (χ1) is 9.04. The van der Waals surface area contributed by atoms with E-state index in [0.717, 1.165) is 12.1 Å². The SMILES string of the molecule is CCCCCCC(C)Nc1cc(N)ccc1C(N)=O. The first-order valence-corrected chi connectivity index (χ1v) is 7.00. The Bertz CT molecular complexity index is 418. The highest BCUT2D eigenvalue weighted by atomic mass is 16.1. The van der Waals surface area contributed by atoms with E-state index in [1.807, 2.05) is 0 Å². The second-order valence-corrected chi connectivity index (χ2v) is 5.06.